The predicted octanol–water partition coefficient (Wildman–Crippen LogP) is 3.06. The van der Waals surface area contributed by atoms with Crippen molar-refractivity contribution in [3.8, 4) is 0 Å². The second-order valence-corrected chi connectivity index (χ2v) is 6.74. The lowest BCUT2D eigenvalue weighted by Gasteiger charge is -2.50. The zero-order chi connectivity index (χ0) is 15.5. The van der Waals surface area contributed by atoms with Crippen LogP contribution in [-0.2, 0) is 6.54 Å². The summed E-state index contributed by atoms with van der Waals surface area (Å²) in [6.07, 6.45) is 7.10. The van der Waals surface area contributed by atoms with Crippen molar-refractivity contribution in [2.45, 2.75) is 64.6 Å². The molecule has 0 aromatic carbocycles. The molecule has 120 valence electrons. The lowest BCUT2D eigenvalue weighted by atomic mass is 9.71. The molecular weight excluding hydrogens is 260 g/mol. The molecule has 1 aromatic rings. The highest BCUT2D eigenvalue weighted by atomic mass is 15.3. The Labute approximate surface area is 129 Å². The molecule has 1 N–H and O–H groups in total. The van der Waals surface area contributed by atoms with Gasteiger partial charge in [0.2, 0.25) is 0 Å². The molecule has 0 amide bonds. The van der Waals surface area contributed by atoms with E-state index in [1.165, 1.54) is 31.4 Å². The largest absolute Gasteiger partial charge is 0.307 e. The highest BCUT2D eigenvalue weighted by molar-refractivity contribution is 5.16. The number of likely N-dealkylation sites (N-methyl/N-ethyl adjacent to an activating group) is 2. The van der Waals surface area contributed by atoms with Crippen LogP contribution in [-0.4, -0.2) is 40.9 Å². The van der Waals surface area contributed by atoms with Crippen molar-refractivity contribution in [2.75, 3.05) is 20.6 Å². The molecule has 4 nitrogen and oxygen atoms in total. The Morgan fingerprint density at radius 2 is 2.05 bits per heavy atom. The molecule has 4 heteroatoms. The van der Waals surface area contributed by atoms with E-state index in [1.54, 1.807) is 0 Å². The fourth-order valence-corrected chi connectivity index (χ4v) is 3.88. The van der Waals surface area contributed by atoms with E-state index >= 15 is 0 Å². The number of rotatable bonds is 6. The molecule has 1 atom stereocenters. The molecule has 0 spiro atoms. The summed E-state index contributed by atoms with van der Waals surface area (Å²) >= 11 is 0. The smallest absolute Gasteiger partial charge is 0.0678 e. The summed E-state index contributed by atoms with van der Waals surface area (Å²) < 4.78 is 2.15. The van der Waals surface area contributed by atoms with Crippen molar-refractivity contribution in [1.29, 1.82) is 0 Å². The van der Waals surface area contributed by atoms with Crippen LogP contribution in [0.3, 0.4) is 0 Å². The van der Waals surface area contributed by atoms with Gasteiger partial charge in [0.15, 0.2) is 0 Å². The van der Waals surface area contributed by atoms with Crippen LogP contribution in [0.25, 0.3) is 0 Å². The number of nitrogens with zero attached hydrogens (tertiary/aromatic N) is 3. The molecule has 1 aliphatic carbocycles. The Morgan fingerprint density at radius 1 is 1.38 bits per heavy atom. The van der Waals surface area contributed by atoms with Crippen LogP contribution < -0.4 is 5.32 Å². The van der Waals surface area contributed by atoms with Gasteiger partial charge in [0.1, 0.15) is 0 Å². The van der Waals surface area contributed by atoms with Crippen LogP contribution in [0.2, 0.25) is 0 Å². The number of hydrogen-bond acceptors (Lipinski definition) is 3. The van der Waals surface area contributed by atoms with E-state index < -0.39 is 0 Å². The van der Waals surface area contributed by atoms with Crippen molar-refractivity contribution in [1.82, 2.24) is 20.0 Å². The SMILES string of the molecule is CCNC(c1ccnn1CC)C1(N(C)C)CCC(C)CC1. The molecule has 1 heterocycles. The minimum Gasteiger partial charge on any atom is -0.307 e. The molecule has 21 heavy (non-hydrogen) atoms. The highest BCUT2D eigenvalue weighted by Crippen LogP contribution is 2.43. The second-order valence-electron chi connectivity index (χ2n) is 6.74. The topological polar surface area (TPSA) is 33.1 Å². The summed E-state index contributed by atoms with van der Waals surface area (Å²) in [7, 11) is 4.49. The Morgan fingerprint density at radius 3 is 2.57 bits per heavy atom. The molecule has 1 saturated carbocycles. The van der Waals surface area contributed by atoms with Gasteiger partial charge in [-0.25, -0.2) is 0 Å². The maximum absolute atomic E-state index is 4.50. The molecule has 0 saturated heterocycles. The van der Waals surface area contributed by atoms with E-state index in [9.17, 15) is 0 Å². The molecule has 1 unspecified atom stereocenters. The van der Waals surface area contributed by atoms with E-state index in [4.69, 9.17) is 0 Å². The van der Waals surface area contributed by atoms with Crippen LogP contribution in [0.4, 0.5) is 0 Å². The molecule has 2 rings (SSSR count). The summed E-state index contributed by atoms with van der Waals surface area (Å²) in [4.78, 5) is 2.46. The van der Waals surface area contributed by atoms with Gasteiger partial charge in [0, 0.05) is 18.3 Å². The molecular formula is C17H32N4. The third kappa shape index (κ3) is 3.16. The number of nitrogens with one attached hydrogen (secondary N) is 1. The van der Waals surface area contributed by atoms with Crippen molar-refractivity contribution in [3.05, 3.63) is 18.0 Å². The van der Waals surface area contributed by atoms with E-state index in [0.717, 1.165) is 19.0 Å². The summed E-state index contributed by atoms with van der Waals surface area (Å²) in [6.45, 7) is 8.69. The summed E-state index contributed by atoms with van der Waals surface area (Å²) in [5.41, 5.74) is 1.54. The van der Waals surface area contributed by atoms with E-state index in [1.807, 2.05) is 6.20 Å². The minimum atomic E-state index is 0.204. The highest BCUT2D eigenvalue weighted by Gasteiger charge is 2.44. The molecule has 1 aliphatic rings. The van der Waals surface area contributed by atoms with Crippen molar-refractivity contribution in [3.63, 3.8) is 0 Å². The van der Waals surface area contributed by atoms with E-state index in [2.05, 4.69) is 60.9 Å². The van der Waals surface area contributed by atoms with E-state index in [0.29, 0.717) is 6.04 Å². The van der Waals surface area contributed by atoms with Gasteiger partial charge in [-0.2, -0.15) is 5.10 Å². The normalized spacial score (nSPS) is 28.0. The van der Waals surface area contributed by atoms with Gasteiger partial charge >= 0.3 is 0 Å². The number of aryl methyl sites for hydroxylation is 1. The van der Waals surface area contributed by atoms with Gasteiger partial charge in [-0.15, -0.1) is 0 Å². The average Bonchev–Trinajstić information content (AvgIpc) is 2.94. The average molecular weight is 292 g/mol. The Bertz CT molecular complexity index is 430. The van der Waals surface area contributed by atoms with Gasteiger partial charge in [-0.1, -0.05) is 13.8 Å². The maximum atomic E-state index is 4.50. The standard InChI is InChI=1S/C17H32N4/c1-6-18-16(15-10-13-19-21(15)7-2)17(20(4)5)11-8-14(3)9-12-17/h10,13-14,16,18H,6-9,11-12H2,1-5H3. The first-order valence-corrected chi connectivity index (χ1v) is 8.47. The molecule has 0 radical (unpaired) electrons. The van der Waals surface area contributed by atoms with E-state index in [-0.39, 0.29) is 5.54 Å². The van der Waals surface area contributed by atoms with Crippen LogP contribution >= 0.6 is 0 Å². The van der Waals surface area contributed by atoms with Gasteiger partial charge in [-0.3, -0.25) is 4.68 Å². The first kappa shape index (κ1) is 16.5. The van der Waals surface area contributed by atoms with Gasteiger partial charge in [-0.05, 0) is 65.2 Å². The predicted molar refractivity (Wildman–Crippen MR) is 88.4 cm³/mol. The fourth-order valence-electron chi connectivity index (χ4n) is 3.88. The molecule has 0 bridgehead atoms. The quantitative estimate of drug-likeness (QED) is 0.875. The number of hydrogen-bond donors (Lipinski definition) is 1. The lowest BCUT2D eigenvalue weighted by molar-refractivity contribution is 0.0403. The monoisotopic (exact) mass is 292 g/mol. The molecule has 1 aromatic heterocycles. The molecule has 1 fully saturated rings. The summed E-state index contributed by atoms with van der Waals surface area (Å²) in [6, 6.07) is 2.55. The zero-order valence-electron chi connectivity index (χ0n) is 14.4. The fraction of sp³-hybridized carbons (Fsp3) is 0.824. The van der Waals surface area contributed by atoms with Gasteiger partial charge < -0.3 is 10.2 Å². The Hall–Kier alpha value is -0.870. The second kappa shape index (κ2) is 6.93. The van der Waals surface area contributed by atoms with Crippen LogP contribution in [0, 0.1) is 5.92 Å². The third-order valence-electron chi connectivity index (χ3n) is 5.32. The Balaban J connectivity index is 2.38. The van der Waals surface area contributed by atoms with Gasteiger partial charge in [0.05, 0.1) is 11.7 Å². The first-order chi connectivity index (χ1) is 10.0. The van der Waals surface area contributed by atoms with Crippen molar-refractivity contribution in [2.24, 2.45) is 5.92 Å². The van der Waals surface area contributed by atoms with Crippen LogP contribution in [0.15, 0.2) is 12.3 Å². The third-order valence-corrected chi connectivity index (χ3v) is 5.32. The van der Waals surface area contributed by atoms with Crippen LogP contribution in [0.1, 0.15) is 58.2 Å². The maximum Gasteiger partial charge on any atom is 0.0678 e. The number of aromatic nitrogens is 2. The summed E-state index contributed by atoms with van der Waals surface area (Å²) in [5.74, 6) is 0.858. The van der Waals surface area contributed by atoms with Crippen molar-refractivity contribution < 1.29 is 0 Å². The Kier molecular flexibility index (Phi) is 5.44. The zero-order valence-corrected chi connectivity index (χ0v) is 14.4. The first-order valence-electron chi connectivity index (χ1n) is 8.47. The van der Waals surface area contributed by atoms with Crippen molar-refractivity contribution >= 4 is 0 Å². The minimum absolute atomic E-state index is 0.204. The van der Waals surface area contributed by atoms with Crippen LogP contribution in [0.5, 0.6) is 0 Å². The molecule has 0 aliphatic heterocycles. The lowest BCUT2D eigenvalue weighted by Crippen LogP contribution is -2.56. The summed E-state index contributed by atoms with van der Waals surface area (Å²) in [5, 5.41) is 8.26. The van der Waals surface area contributed by atoms with Gasteiger partial charge in [0.25, 0.3) is 0 Å².